The fourth-order valence-electron chi connectivity index (χ4n) is 2.51. The first-order valence-corrected chi connectivity index (χ1v) is 8.05. The maximum absolute atomic E-state index is 10.0. The molecule has 0 atom stereocenters. The highest BCUT2D eigenvalue weighted by molar-refractivity contribution is 6.35. The maximum Gasteiger partial charge on any atom is 0.198 e. The van der Waals surface area contributed by atoms with Gasteiger partial charge in [0.05, 0.1) is 5.56 Å². The van der Waals surface area contributed by atoms with Crippen LogP contribution < -0.4 is 0 Å². The summed E-state index contributed by atoms with van der Waals surface area (Å²) in [4.78, 5) is 7.37. The number of hydrogen-bond donors (Lipinski definition) is 2. The Morgan fingerprint density at radius 1 is 1.17 bits per heavy atom. The second kappa shape index (κ2) is 6.65. The summed E-state index contributed by atoms with van der Waals surface area (Å²) in [5.74, 6) is 0.138. The minimum absolute atomic E-state index is 0.138. The SMILES string of the molecule is Cc1ccc2[nH]c(O)c(C=NCCc3ccc(Cl)cc3Cl)c2c1. The van der Waals surface area contributed by atoms with Gasteiger partial charge in [0.1, 0.15) is 0 Å². The van der Waals surface area contributed by atoms with Crippen molar-refractivity contribution in [1.82, 2.24) is 4.98 Å². The molecule has 0 fully saturated rings. The van der Waals surface area contributed by atoms with Gasteiger partial charge in [0.15, 0.2) is 5.88 Å². The number of aromatic hydroxyl groups is 1. The molecule has 0 radical (unpaired) electrons. The van der Waals surface area contributed by atoms with Crippen LogP contribution in [0, 0.1) is 6.92 Å². The van der Waals surface area contributed by atoms with Crippen molar-refractivity contribution in [2.45, 2.75) is 13.3 Å². The molecule has 0 amide bonds. The first kappa shape index (κ1) is 15.9. The number of hydrogen-bond acceptors (Lipinski definition) is 2. The lowest BCUT2D eigenvalue weighted by Crippen LogP contribution is -1.92. The molecule has 0 aliphatic heterocycles. The van der Waals surface area contributed by atoms with Gasteiger partial charge in [-0.2, -0.15) is 0 Å². The van der Waals surface area contributed by atoms with E-state index in [1.54, 1.807) is 12.3 Å². The Bertz CT molecular complexity index is 884. The minimum atomic E-state index is 0.138. The zero-order chi connectivity index (χ0) is 16.4. The molecular weight excluding hydrogens is 331 g/mol. The summed E-state index contributed by atoms with van der Waals surface area (Å²) in [7, 11) is 0. The monoisotopic (exact) mass is 346 g/mol. The van der Waals surface area contributed by atoms with E-state index in [0.29, 0.717) is 28.6 Å². The lowest BCUT2D eigenvalue weighted by molar-refractivity contribution is 0.457. The summed E-state index contributed by atoms with van der Waals surface area (Å²) >= 11 is 12.0. The van der Waals surface area contributed by atoms with Gasteiger partial charge in [-0.25, -0.2) is 0 Å². The van der Waals surface area contributed by atoms with Crippen LogP contribution in [0.15, 0.2) is 41.4 Å². The Morgan fingerprint density at radius 2 is 2.00 bits per heavy atom. The summed E-state index contributed by atoms with van der Waals surface area (Å²) in [6, 6.07) is 11.4. The first-order valence-electron chi connectivity index (χ1n) is 7.29. The number of aromatic nitrogens is 1. The third-order valence-electron chi connectivity index (χ3n) is 3.72. The van der Waals surface area contributed by atoms with Crippen molar-refractivity contribution >= 4 is 40.3 Å². The zero-order valence-corrected chi connectivity index (χ0v) is 14.1. The molecule has 2 N–H and O–H groups in total. The lowest BCUT2D eigenvalue weighted by Gasteiger charge is -2.02. The Balaban J connectivity index is 1.75. The predicted octanol–water partition coefficient (Wildman–Crippen LogP) is 5.15. The maximum atomic E-state index is 10.0. The van der Waals surface area contributed by atoms with E-state index in [2.05, 4.69) is 9.98 Å². The summed E-state index contributed by atoms with van der Waals surface area (Å²) in [6.45, 7) is 2.60. The molecule has 0 unspecified atom stereocenters. The molecule has 0 spiro atoms. The molecule has 5 heteroatoms. The van der Waals surface area contributed by atoms with Crippen molar-refractivity contribution in [3.63, 3.8) is 0 Å². The van der Waals surface area contributed by atoms with Gasteiger partial charge in [-0.15, -0.1) is 0 Å². The first-order chi connectivity index (χ1) is 11.0. The number of aliphatic imine (C=N–C) groups is 1. The Hall–Kier alpha value is -1.97. The lowest BCUT2D eigenvalue weighted by atomic mass is 10.1. The second-order valence-electron chi connectivity index (χ2n) is 5.46. The molecule has 3 rings (SSSR count). The third kappa shape index (κ3) is 3.52. The number of rotatable bonds is 4. The number of aryl methyl sites for hydroxylation is 1. The van der Waals surface area contributed by atoms with Crippen LogP contribution in [0.4, 0.5) is 0 Å². The number of nitrogens with one attached hydrogen (secondary N) is 1. The van der Waals surface area contributed by atoms with E-state index >= 15 is 0 Å². The third-order valence-corrected chi connectivity index (χ3v) is 4.31. The van der Waals surface area contributed by atoms with E-state index in [1.807, 2.05) is 37.3 Å². The van der Waals surface area contributed by atoms with Crippen molar-refractivity contribution in [2.75, 3.05) is 6.54 Å². The number of benzene rings is 2. The van der Waals surface area contributed by atoms with Gasteiger partial charge in [0, 0.05) is 33.7 Å². The van der Waals surface area contributed by atoms with E-state index in [-0.39, 0.29) is 5.88 Å². The molecule has 3 aromatic rings. The average Bonchev–Trinajstić information content (AvgIpc) is 2.81. The van der Waals surface area contributed by atoms with Crippen LogP contribution in [0.1, 0.15) is 16.7 Å². The van der Waals surface area contributed by atoms with Crippen LogP contribution in [-0.2, 0) is 6.42 Å². The van der Waals surface area contributed by atoms with E-state index in [0.717, 1.165) is 22.0 Å². The van der Waals surface area contributed by atoms with Gasteiger partial charge in [-0.1, -0.05) is 40.9 Å². The summed E-state index contributed by atoms with van der Waals surface area (Å²) in [5, 5.41) is 12.3. The van der Waals surface area contributed by atoms with Crippen molar-refractivity contribution in [3.8, 4) is 5.88 Å². The number of H-pyrrole nitrogens is 1. The zero-order valence-electron chi connectivity index (χ0n) is 12.6. The molecule has 23 heavy (non-hydrogen) atoms. The highest BCUT2D eigenvalue weighted by Crippen LogP contribution is 2.26. The quantitative estimate of drug-likeness (QED) is 0.630. The predicted molar refractivity (Wildman–Crippen MR) is 97.3 cm³/mol. The average molecular weight is 347 g/mol. The molecule has 0 bridgehead atoms. The molecule has 2 aromatic carbocycles. The summed E-state index contributed by atoms with van der Waals surface area (Å²) < 4.78 is 0. The smallest absolute Gasteiger partial charge is 0.198 e. The van der Waals surface area contributed by atoms with Crippen molar-refractivity contribution in [2.24, 2.45) is 4.99 Å². The fourth-order valence-corrected chi connectivity index (χ4v) is 3.01. The largest absolute Gasteiger partial charge is 0.494 e. The van der Waals surface area contributed by atoms with E-state index < -0.39 is 0 Å². The second-order valence-corrected chi connectivity index (χ2v) is 6.30. The number of aromatic amines is 1. The van der Waals surface area contributed by atoms with Crippen LogP contribution in [-0.4, -0.2) is 22.8 Å². The highest BCUT2D eigenvalue weighted by Gasteiger charge is 2.08. The Morgan fingerprint density at radius 3 is 2.78 bits per heavy atom. The molecule has 1 aromatic heterocycles. The standard InChI is InChI=1S/C18H16Cl2N2O/c1-11-2-5-17-14(8-11)15(18(23)22-17)10-21-7-6-12-3-4-13(19)9-16(12)20/h2-5,8-10,22-23H,6-7H2,1H3. The topological polar surface area (TPSA) is 48.4 Å². The summed E-state index contributed by atoms with van der Waals surface area (Å²) in [5.41, 5.74) is 3.76. The number of halogens is 2. The molecule has 1 heterocycles. The number of fused-ring (bicyclic) bond motifs is 1. The van der Waals surface area contributed by atoms with Crippen molar-refractivity contribution in [3.05, 3.63) is 63.1 Å². The van der Waals surface area contributed by atoms with Crippen molar-refractivity contribution in [1.29, 1.82) is 0 Å². The van der Waals surface area contributed by atoms with Gasteiger partial charge in [0.25, 0.3) is 0 Å². The van der Waals surface area contributed by atoms with E-state index in [1.165, 1.54) is 0 Å². The van der Waals surface area contributed by atoms with E-state index in [9.17, 15) is 5.11 Å². The Labute approximate surface area is 144 Å². The molecule has 0 saturated carbocycles. The molecule has 0 saturated heterocycles. The molecule has 0 aliphatic carbocycles. The normalized spacial score (nSPS) is 11.6. The van der Waals surface area contributed by atoms with E-state index in [4.69, 9.17) is 23.2 Å². The van der Waals surface area contributed by atoms with Gasteiger partial charge in [-0.3, -0.25) is 4.99 Å². The van der Waals surface area contributed by atoms with Gasteiger partial charge < -0.3 is 10.1 Å². The molecule has 3 nitrogen and oxygen atoms in total. The van der Waals surface area contributed by atoms with Crippen LogP contribution >= 0.6 is 23.2 Å². The minimum Gasteiger partial charge on any atom is -0.494 e. The van der Waals surface area contributed by atoms with Crippen LogP contribution in [0.2, 0.25) is 10.0 Å². The molecule has 0 aliphatic rings. The van der Waals surface area contributed by atoms with Gasteiger partial charge >= 0.3 is 0 Å². The van der Waals surface area contributed by atoms with Gasteiger partial charge in [-0.05, 0) is 43.2 Å². The molecular formula is C18H16Cl2N2O. The van der Waals surface area contributed by atoms with Gasteiger partial charge in [0.2, 0.25) is 0 Å². The molecule has 118 valence electrons. The Kier molecular flexibility index (Phi) is 4.60. The van der Waals surface area contributed by atoms with Crippen LogP contribution in [0.5, 0.6) is 5.88 Å². The van der Waals surface area contributed by atoms with Crippen LogP contribution in [0.3, 0.4) is 0 Å². The number of nitrogens with zero attached hydrogens (tertiary/aromatic N) is 1. The van der Waals surface area contributed by atoms with Crippen molar-refractivity contribution < 1.29 is 5.11 Å². The summed E-state index contributed by atoms with van der Waals surface area (Å²) in [6.07, 6.45) is 2.42. The van der Waals surface area contributed by atoms with Crippen LogP contribution in [0.25, 0.3) is 10.9 Å². The fraction of sp³-hybridized carbons (Fsp3) is 0.167. The highest BCUT2D eigenvalue weighted by atomic mass is 35.5.